The number of ether oxygens (including phenoxy) is 2. The molecule has 2 amide bonds. The summed E-state index contributed by atoms with van der Waals surface area (Å²) in [6.45, 7) is 5.86. The van der Waals surface area contributed by atoms with Crippen molar-refractivity contribution in [1.29, 1.82) is 5.26 Å². The van der Waals surface area contributed by atoms with Crippen LogP contribution in [0, 0.1) is 17.2 Å². The van der Waals surface area contributed by atoms with E-state index >= 15 is 0 Å². The van der Waals surface area contributed by atoms with E-state index in [-0.39, 0.29) is 12.5 Å². The molecular weight excluding hydrogens is 520 g/mol. The molecule has 1 aromatic carbocycles. The quantitative estimate of drug-likeness (QED) is 0.377. The molecule has 0 radical (unpaired) electrons. The van der Waals surface area contributed by atoms with Crippen LogP contribution in [0.2, 0.25) is 0 Å². The van der Waals surface area contributed by atoms with Gasteiger partial charge in [0.1, 0.15) is 11.6 Å². The third-order valence-corrected chi connectivity index (χ3v) is 8.58. The Bertz CT molecular complexity index is 1060. The van der Waals surface area contributed by atoms with E-state index in [0.717, 1.165) is 31.2 Å². The van der Waals surface area contributed by atoms with Gasteiger partial charge < -0.3 is 24.6 Å². The second-order valence-electron chi connectivity index (χ2n) is 11.3. The number of nitriles is 1. The topological polar surface area (TPSA) is 110 Å². The Morgan fingerprint density at radius 2 is 1.85 bits per heavy atom. The van der Waals surface area contributed by atoms with E-state index in [4.69, 9.17) is 14.5 Å². The molecule has 0 bridgehead atoms. The predicted molar refractivity (Wildman–Crippen MR) is 157 cm³/mol. The number of carbonyl (C=O) groups excluding carboxylic acids is 2. The average Bonchev–Trinajstić information content (AvgIpc) is 3.03. The molecule has 41 heavy (non-hydrogen) atoms. The number of morpholine rings is 1. The Balaban J connectivity index is 1.76. The van der Waals surface area contributed by atoms with Gasteiger partial charge in [0.2, 0.25) is 11.9 Å². The summed E-state index contributed by atoms with van der Waals surface area (Å²) in [5, 5.41) is 13.9. The molecule has 4 rings (SSSR count). The predicted octanol–water partition coefficient (Wildman–Crippen LogP) is 3.78. The summed E-state index contributed by atoms with van der Waals surface area (Å²) < 4.78 is 10.9. The zero-order valence-corrected chi connectivity index (χ0v) is 24.7. The number of amides is 2. The van der Waals surface area contributed by atoms with Gasteiger partial charge >= 0.3 is 6.09 Å². The Labute approximate surface area is 244 Å². The van der Waals surface area contributed by atoms with Crippen LogP contribution in [0.3, 0.4) is 0 Å². The SMILES string of the molecule is CCOC(=O)N(C)C(=NC(CC1CCCCC1)C(=O)N(Cc1ccccc1)C1(C#N)CCNCC1)N1CCOCC1. The Hall–Kier alpha value is -3.16. The van der Waals surface area contributed by atoms with Crippen LogP contribution in [0.1, 0.15) is 63.9 Å². The Kier molecular flexibility index (Phi) is 11.4. The molecule has 1 aliphatic carbocycles. The monoisotopic (exact) mass is 566 g/mol. The van der Waals surface area contributed by atoms with Gasteiger partial charge in [0.05, 0.1) is 25.9 Å². The first kappa shape index (κ1) is 30.8. The highest BCUT2D eigenvalue weighted by molar-refractivity contribution is 5.95. The van der Waals surface area contributed by atoms with Crippen molar-refractivity contribution in [3.05, 3.63) is 35.9 Å². The van der Waals surface area contributed by atoms with Crippen LogP contribution in [-0.4, -0.2) is 97.3 Å². The smallest absolute Gasteiger partial charge is 0.416 e. The fourth-order valence-corrected chi connectivity index (χ4v) is 6.20. The number of rotatable bonds is 8. The second kappa shape index (κ2) is 15.2. The van der Waals surface area contributed by atoms with Crippen LogP contribution in [0.5, 0.6) is 0 Å². The first-order valence-corrected chi connectivity index (χ1v) is 15.3. The number of piperidine rings is 1. The van der Waals surface area contributed by atoms with Crippen molar-refractivity contribution in [2.24, 2.45) is 10.9 Å². The molecule has 3 aliphatic rings. The van der Waals surface area contributed by atoms with E-state index in [0.29, 0.717) is 77.1 Å². The average molecular weight is 567 g/mol. The maximum atomic E-state index is 14.8. The molecule has 2 saturated heterocycles. The van der Waals surface area contributed by atoms with Crippen molar-refractivity contribution in [3.8, 4) is 6.07 Å². The van der Waals surface area contributed by atoms with Crippen LogP contribution < -0.4 is 5.32 Å². The van der Waals surface area contributed by atoms with Gasteiger partial charge in [0, 0.05) is 26.7 Å². The number of carbonyl (C=O) groups is 2. The van der Waals surface area contributed by atoms with Crippen molar-refractivity contribution in [3.63, 3.8) is 0 Å². The molecule has 1 saturated carbocycles. The number of guanidine groups is 1. The van der Waals surface area contributed by atoms with Crippen LogP contribution >= 0.6 is 0 Å². The lowest BCUT2D eigenvalue weighted by molar-refractivity contribution is -0.139. The molecule has 1 unspecified atom stereocenters. The van der Waals surface area contributed by atoms with Crippen molar-refractivity contribution >= 4 is 18.0 Å². The van der Waals surface area contributed by atoms with Gasteiger partial charge in [-0.15, -0.1) is 0 Å². The molecule has 1 atom stereocenters. The molecule has 2 heterocycles. The minimum Gasteiger partial charge on any atom is -0.449 e. The van der Waals surface area contributed by atoms with Crippen molar-refractivity contribution in [2.45, 2.75) is 76.4 Å². The van der Waals surface area contributed by atoms with Crippen molar-refractivity contribution in [1.82, 2.24) is 20.0 Å². The molecule has 224 valence electrons. The molecule has 1 N–H and O–H groups in total. The summed E-state index contributed by atoms with van der Waals surface area (Å²) in [6, 6.07) is 11.7. The first-order valence-electron chi connectivity index (χ1n) is 15.3. The summed E-state index contributed by atoms with van der Waals surface area (Å²) in [6.07, 6.45) is 6.84. The van der Waals surface area contributed by atoms with Crippen molar-refractivity contribution < 1.29 is 19.1 Å². The van der Waals surface area contributed by atoms with E-state index in [9.17, 15) is 14.9 Å². The van der Waals surface area contributed by atoms with Gasteiger partial charge in [-0.05, 0) is 50.8 Å². The number of hydrogen-bond donors (Lipinski definition) is 1. The van der Waals surface area contributed by atoms with Crippen LogP contribution in [0.4, 0.5) is 4.79 Å². The molecule has 2 aliphatic heterocycles. The van der Waals surface area contributed by atoms with E-state index in [2.05, 4.69) is 11.4 Å². The molecule has 10 heteroatoms. The van der Waals surface area contributed by atoms with E-state index in [1.807, 2.05) is 35.2 Å². The van der Waals surface area contributed by atoms with Crippen LogP contribution in [0.15, 0.2) is 35.3 Å². The zero-order valence-electron chi connectivity index (χ0n) is 24.7. The minimum absolute atomic E-state index is 0.147. The molecule has 0 aromatic heterocycles. The van der Waals surface area contributed by atoms with E-state index in [1.165, 1.54) is 11.3 Å². The lowest BCUT2D eigenvalue weighted by Crippen LogP contribution is -2.58. The van der Waals surface area contributed by atoms with Gasteiger partial charge in [-0.25, -0.2) is 9.79 Å². The normalized spacial score (nSPS) is 20.5. The molecule has 0 spiro atoms. The highest BCUT2D eigenvalue weighted by Crippen LogP contribution is 2.33. The first-order chi connectivity index (χ1) is 20.0. The zero-order chi connectivity index (χ0) is 29.1. The summed E-state index contributed by atoms with van der Waals surface area (Å²) in [5.74, 6) is 0.646. The minimum atomic E-state index is -0.926. The summed E-state index contributed by atoms with van der Waals surface area (Å²) in [4.78, 5) is 38.0. The Morgan fingerprint density at radius 1 is 1.17 bits per heavy atom. The van der Waals surface area contributed by atoms with Gasteiger partial charge in [-0.3, -0.25) is 9.69 Å². The third kappa shape index (κ3) is 7.98. The summed E-state index contributed by atoms with van der Waals surface area (Å²) >= 11 is 0. The van der Waals surface area contributed by atoms with E-state index in [1.54, 1.807) is 18.9 Å². The standard InChI is InChI=1S/C31H46N6O4/c1-3-41-30(39)35(2)29(36-18-20-40-21-19-36)34-27(22-25-10-6-4-7-11-25)28(38)37(23-26-12-8-5-9-13-26)31(24-32)14-16-33-17-15-31/h5,8-9,12-13,25,27,33H,3-4,6-7,10-11,14-23H2,1-2H3. The highest BCUT2D eigenvalue weighted by atomic mass is 16.6. The number of hydrogen-bond acceptors (Lipinski definition) is 7. The van der Waals surface area contributed by atoms with Gasteiger partial charge in [0.25, 0.3) is 0 Å². The summed E-state index contributed by atoms with van der Waals surface area (Å²) in [7, 11) is 1.65. The van der Waals surface area contributed by atoms with Gasteiger partial charge in [-0.1, -0.05) is 62.4 Å². The fourth-order valence-electron chi connectivity index (χ4n) is 6.20. The lowest BCUT2D eigenvalue weighted by Gasteiger charge is -2.43. The number of nitrogens with zero attached hydrogens (tertiary/aromatic N) is 5. The molecule has 3 fully saturated rings. The molecular formula is C31H46N6O4. The van der Waals surface area contributed by atoms with Crippen molar-refractivity contribution in [2.75, 3.05) is 53.0 Å². The Morgan fingerprint density at radius 3 is 2.49 bits per heavy atom. The third-order valence-electron chi connectivity index (χ3n) is 8.58. The van der Waals surface area contributed by atoms with Gasteiger partial charge in [0.15, 0.2) is 0 Å². The second-order valence-corrected chi connectivity index (χ2v) is 11.3. The molecule has 10 nitrogen and oxygen atoms in total. The van der Waals surface area contributed by atoms with Crippen LogP contribution in [-0.2, 0) is 20.8 Å². The maximum absolute atomic E-state index is 14.8. The van der Waals surface area contributed by atoms with Gasteiger partial charge in [-0.2, -0.15) is 5.26 Å². The maximum Gasteiger partial charge on any atom is 0.416 e. The number of nitrogens with one attached hydrogen (secondary N) is 1. The summed E-state index contributed by atoms with van der Waals surface area (Å²) in [5.41, 5.74) is 0.0523. The number of aliphatic imine (C=N–C) groups is 1. The van der Waals surface area contributed by atoms with E-state index < -0.39 is 17.7 Å². The lowest BCUT2D eigenvalue weighted by atomic mass is 9.83. The fraction of sp³-hybridized carbons (Fsp3) is 0.677. The largest absolute Gasteiger partial charge is 0.449 e. The highest BCUT2D eigenvalue weighted by Gasteiger charge is 2.44. The number of benzene rings is 1. The molecule has 1 aromatic rings. The van der Waals surface area contributed by atoms with Crippen LogP contribution in [0.25, 0.3) is 0 Å².